The molecule has 0 heterocycles. The van der Waals surface area contributed by atoms with E-state index in [1.807, 2.05) is 0 Å². The number of rotatable bonds is 1. The first-order chi connectivity index (χ1) is 6.61. The molecule has 2 aliphatic carbocycles. The molecular formula is C14H26. The third-order valence-corrected chi connectivity index (χ3v) is 4.98. The first-order valence-corrected chi connectivity index (χ1v) is 6.61. The van der Waals surface area contributed by atoms with Gasteiger partial charge in [-0.1, -0.05) is 40.5 Å². The second-order valence-electron chi connectivity index (χ2n) is 6.27. The van der Waals surface area contributed by atoms with Gasteiger partial charge >= 0.3 is 0 Å². The molecule has 0 saturated heterocycles. The van der Waals surface area contributed by atoms with Crippen LogP contribution >= 0.6 is 0 Å². The van der Waals surface area contributed by atoms with Crippen LogP contribution in [0.5, 0.6) is 0 Å². The van der Waals surface area contributed by atoms with Crippen molar-refractivity contribution in [3.63, 3.8) is 0 Å². The lowest BCUT2D eigenvalue weighted by molar-refractivity contribution is 0.291. The molecule has 0 amide bonds. The fraction of sp³-hybridized carbons (Fsp3) is 1.00. The molecule has 0 aliphatic heterocycles. The average molecular weight is 194 g/mol. The molecule has 2 rings (SSSR count). The van der Waals surface area contributed by atoms with Gasteiger partial charge in [0.05, 0.1) is 0 Å². The largest absolute Gasteiger partial charge is 0.0625 e. The van der Waals surface area contributed by atoms with Gasteiger partial charge in [0.2, 0.25) is 0 Å². The summed E-state index contributed by atoms with van der Waals surface area (Å²) in [6.07, 6.45) is 6.03. The van der Waals surface area contributed by atoms with Crippen LogP contribution in [-0.2, 0) is 0 Å². The minimum atomic E-state index is 0.936. The molecule has 2 saturated carbocycles. The van der Waals surface area contributed by atoms with Gasteiger partial charge in [-0.25, -0.2) is 0 Å². The summed E-state index contributed by atoms with van der Waals surface area (Å²) < 4.78 is 0. The van der Waals surface area contributed by atoms with E-state index in [0.717, 1.165) is 35.5 Å². The van der Waals surface area contributed by atoms with Crippen molar-refractivity contribution in [2.75, 3.05) is 0 Å². The maximum absolute atomic E-state index is 2.47. The molecule has 0 bridgehead atoms. The number of hydrogen-bond donors (Lipinski definition) is 0. The van der Waals surface area contributed by atoms with Crippen LogP contribution in [0.3, 0.4) is 0 Å². The Balaban J connectivity index is 1.96. The minimum Gasteiger partial charge on any atom is -0.0625 e. The standard InChI is InChI=1S/C14H26/c1-9(2)14-12-7-5-6-10(3)11(4)8-13(12)14/h9-14H,5-8H2,1-4H3. The molecule has 5 unspecified atom stereocenters. The topological polar surface area (TPSA) is 0 Å². The van der Waals surface area contributed by atoms with Gasteiger partial charge in [-0.3, -0.25) is 0 Å². The van der Waals surface area contributed by atoms with E-state index < -0.39 is 0 Å². The highest BCUT2D eigenvalue weighted by molar-refractivity contribution is 4.99. The Kier molecular flexibility index (Phi) is 2.91. The fourth-order valence-corrected chi connectivity index (χ4v) is 3.82. The first-order valence-electron chi connectivity index (χ1n) is 6.61. The van der Waals surface area contributed by atoms with Crippen LogP contribution in [0.1, 0.15) is 53.4 Å². The van der Waals surface area contributed by atoms with E-state index >= 15 is 0 Å². The van der Waals surface area contributed by atoms with Gasteiger partial charge in [-0.05, 0) is 48.3 Å². The van der Waals surface area contributed by atoms with Crippen molar-refractivity contribution < 1.29 is 0 Å². The zero-order chi connectivity index (χ0) is 10.3. The Hall–Kier alpha value is 0. The van der Waals surface area contributed by atoms with Crippen LogP contribution in [0.2, 0.25) is 0 Å². The minimum absolute atomic E-state index is 0.936. The number of fused-ring (bicyclic) bond motifs is 1. The van der Waals surface area contributed by atoms with Crippen LogP contribution < -0.4 is 0 Å². The lowest BCUT2D eigenvalue weighted by atomic mass is 9.84. The van der Waals surface area contributed by atoms with Gasteiger partial charge in [0.25, 0.3) is 0 Å². The lowest BCUT2D eigenvalue weighted by Crippen LogP contribution is -2.11. The highest BCUT2D eigenvalue weighted by Crippen LogP contribution is 2.58. The SMILES string of the molecule is CC(C)C1C2CCCC(C)C(C)CC21. The molecule has 14 heavy (non-hydrogen) atoms. The Morgan fingerprint density at radius 3 is 2.29 bits per heavy atom. The predicted molar refractivity (Wildman–Crippen MR) is 62.1 cm³/mol. The summed E-state index contributed by atoms with van der Waals surface area (Å²) in [4.78, 5) is 0. The van der Waals surface area contributed by atoms with Gasteiger partial charge in [0, 0.05) is 0 Å². The summed E-state index contributed by atoms with van der Waals surface area (Å²) in [5.74, 6) is 6.20. The molecule has 2 aliphatic rings. The van der Waals surface area contributed by atoms with E-state index in [1.54, 1.807) is 0 Å². The summed E-state index contributed by atoms with van der Waals surface area (Å²) in [5.41, 5.74) is 0. The molecule has 0 heteroatoms. The Morgan fingerprint density at radius 2 is 1.64 bits per heavy atom. The smallest absolute Gasteiger partial charge is 0.0329 e. The Morgan fingerprint density at radius 1 is 0.929 bits per heavy atom. The van der Waals surface area contributed by atoms with Gasteiger partial charge in [-0.2, -0.15) is 0 Å². The maximum atomic E-state index is 2.47. The van der Waals surface area contributed by atoms with Crippen molar-refractivity contribution in [1.82, 2.24) is 0 Å². The normalized spacial score (nSPS) is 48.2. The van der Waals surface area contributed by atoms with Crippen molar-refractivity contribution in [2.45, 2.75) is 53.4 Å². The van der Waals surface area contributed by atoms with Crippen LogP contribution in [0.4, 0.5) is 0 Å². The molecule has 0 radical (unpaired) electrons. The molecule has 0 aromatic heterocycles. The van der Waals surface area contributed by atoms with Crippen molar-refractivity contribution in [3.8, 4) is 0 Å². The summed E-state index contributed by atoms with van der Waals surface area (Å²) in [6.45, 7) is 9.77. The van der Waals surface area contributed by atoms with Crippen LogP contribution in [-0.4, -0.2) is 0 Å². The lowest BCUT2D eigenvalue weighted by Gasteiger charge is -2.22. The monoisotopic (exact) mass is 194 g/mol. The second kappa shape index (κ2) is 3.87. The average Bonchev–Trinajstić information content (AvgIpc) is 2.75. The highest BCUT2D eigenvalue weighted by atomic mass is 14.6. The van der Waals surface area contributed by atoms with E-state index in [2.05, 4.69) is 27.7 Å². The van der Waals surface area contributed by atoms with Crippen LogP contribution in [0.25, 0.3) is 0 Å². The molecule has 0 aromatic rings. The van der Waals surface area contributed by atoms with E-state index in [4.69, 9.17) is 0 Å². The quantitative estimate of drug-likeness (QED) is 0.582. The fourth-order valence-electron chi connectivity index (χ4n) is 3.82. The summed E-state index contributed by atoms with van der Waals surface area (Å²) in [6, 6.07) is 0. The van der Waals surface area contributed by atoms with E-state index in [0.29, 0.717) is 0 Å². The Bertz CT molecular complexity index is 194. The molecule has 0 spiro atoms. The summed E-state index contributed by atoms with van der Waals surface area (Å²) >= 11 is 0. The number of hydrogen-bond acceptors (Lipinski definition) is 0. The molecular weight excluding hydrogens is 168 g/mol. The van der Waals surface area contributed by atoms with Gasteiger partial charge in [0.15, 0.2) is 0 Å². The predicted octanol–water partition coefficient (Wildman–Crippen LogP) is 4.35. The zero-order valence-electron chi connectivity index (χ0n) is 10.3. The van der Waals surface area contributed by atoms with Crippen LogP contribution in [0.15, 0.2) is 0 Å². The van der Waals surface area contributed by atoms with E-state index in [-0.39, 0.29) is 0 Å². The maximum Gasteiger partial charge on any atom is -0.0329 e. The third kappa shape index (κ3) is 1.85. The van der Waals surface area contributed by atoms with E-state index in [9.17, 15) is 0 Å². The van der Waals surface area contributed by atoms with Gasteiger partial charge in [-0.15, -0.1) is 0 Å². The molecule has 82 valence electrons. The zero-order valence-corrected chi connectivity index (χ0v) is 10.3. The second-order valence-corrected chi connectivity index (χ2v) is 6.27. The molecule has 2 fully saturated rings. The molecule has 5 atom stereocenters. The van der Waals surface area contributed by atoms with Gasteiger partial charge in [0.1, 0.15) is 0 Å². The van der Waals surface area contributed by atoms with Crippen molar-refractivity contribution in [3.05, 3.63) is 0 Å². The Labute approximate surface area is 89.5 Å². The summed E-state index contributed by atoms with van der Waals surface area (Å²) in [5, 5.41) is 0. The van der Waals surface area contributed by atoms with Gasteiger partial charge < -0.3 is 0 Å². The molecule has 0 N–H and O–H groups in total. The van der Waals surface area contributed by atoms with Crippen molar-refractivity contribution in [1.29, 1.82) is 0 Å². The van der Waals surface area contributed by atoms with Crippen molar-refractivity contribution >= 4 is 0 Å². The third-order valence-electron chi connectivity index (χ3n) is 4.98. The summed E-state index contributed by atoms with van der Waals surface area (Å²) in [7, 11) is 0. The van der Waals surface area contributed by atoms with E-state index in [1.165, 1.54) is 25.7 Å². The molecule has 0 aromatic carbocycles. The van der Waals surface area contributed by atoms with Crippen molar-refractivity contribution in [2.24, 2.45) is 35.5 Å². The van der Waals surface area contributed by atoms with Crippen LogP contribution in [0, 0.1) is 35.5 Å². The highest BCUT2D eigenvalue weighted by Gasteiger charge is 2.51. The molecule has 0 nitrogen and oxygen atoms in total. The first kappa shape index (κ1) is 10.5.